The van der Waals surface area contributed by atoms with E-state index in [0.29, 0.717) is 16.5 Å². The summed E-state index contributed by atoms with van der Waals surface area (Å²) in [5.74, 6) is 0.264. The molecule has 0 aliphatic carbocycles. The van der Waals surface area contributed by atoms with Crippen LogP contribution in [-0.4, -0.2) is 18.3 Å². The predicted octanol–water partition coefficient (Wildman–Crippen LogP) is 5.06. The Kier molecular flexibility index (Phi) is 5.26. The molecule has 1 aliphatic rings. The maximum Gasteiger partial charge on any atom is 0.298 e. The van der Waals surface area contributed by atoms with Crippen LogP contribution in [0.2, 0.25) is 0 Å². The summed E-state index contributed by atoms with van der Waals surface area (Å²) in [6, 6.07) is 16.2. The molecule has 3 rings (SSSR count). The zero-order valence-corrected chi connectivity index (χ0v) is 14.9. The lowest BCUT2D eigenvalue weighted by Gasteiger charge is -2.12. The number of carbonyl (C=O) groups excluding carboxylic acids is 2. The average Bonchev–Trinajstić information content (AvgIpc) is 2.89. The molecule has 6 heteroatoms. The molecular weight excluding hydrogens is 358 g/mol. The van der Waals surface area contributed by atoms with Crippen LogP contribution in [0.15, 0.2) is 70.6 Å². The van der Waals surface area contributed by atoms with Crippen molar-refractivity contribution in [3.8, 4) is 5.75 Å². The van der Waals surface area contributed by atoms with Gasteiger partial charge < -0.3 is 4.74 Å². The molecule has 2 aromatic carbocycles. The number of rotatable bonds is 4. The van der Waals surface area contributed by atoms with Crippen LogP contribution in [0, 0.1) is 0 Å². The molecule has 0 spiro atoms. The molecule has 126 valence electrons. The summed E-state index contributed by atoms with van der Waals surface area (Å²) in [7, 11) is 1.55. The molecule has 0 bridgehead atoms. The van der Waals surface area contributed by atoms with Crippen LogP contribution in [0.1, 0.15) is 5.56 Å². The summed E-state index contributed by atoms with van der Waals surface area (Å²) >= 11 is 7.08. The first kappa shape index (κ1) is 17.3. The molecule has 0 unspecified atom stereocenters. The molecule has 25 heavy (non-hydrogen) atoms. The van der Waals surface area contributed by atoms with E-state index in [-0.39, 0.29) is 16.1 Å². The molecule has 1 aliphatic heterocycles. The first-order chi connectivity index (χ1) is 12.1. The van der Waals surface area contributed by atoms with E-state index in [2.05, 4.69) is 0 Å². The SMILES string of the molecule is COc1ccc(N2C(=O)S/C(=C\C(Cl)=C\c3ccccc3)C2=O)cc1. The minimum atomic E-state index is -0.389. The number of carbonyl (C=O) groups is 2. The van der Waals surface area contributed by atoms with Gasteiger partial charge in [-0.25, -0.2) is 4.90 Å². The normalized spacial score (nSPS) is 16.6. The van der Waals surface area contributed by atoms with Gasteiger partial charge in [-0.05, 0) is 53.7 Å². The number of thioether (sulfide) groups is 1. The van der Waals surface area contributed by atoms with E-state index in [9.17, 15) is 9.59 Å². The number of methoxy groups -OCH3 is 1. The van der Waals surface area contributed by atoms with Crippen molar-refractivity contribution < 1.29 is 14.3 Å². The van der Waals surface area contributed by atoms with Gasteiger partial charge in [0.1, 0.15) is 5.75 Å². The third kappa shape index (κ3) is 3.95. The Morgan fingerprint density at radius 2 is 1.76 bits per heavy atom. The van der Waals surface area contributed by atoms with E-state index >= 15 is 0 Å². The Labute approximate surface area is 154 Å². The highest BCUT2D eigenvalue weighted by molar-refractivity contribution is 8.18. The number of benzene rings is 2. The number of amides is 2. The number of imide groups is 1. The summed E-state index contributed by atoms with van der Waals surface area (Å²) in [5.41, 5.74) is 1.41. The Morgan fingerprint density at radius 3 is 2.40 bits per heavy atom. The smallest absolute Gasteiger partial charge is 0.298 e. The van der Waals surface area contributed by atoms with Gasteiger partial charge in [-0.15, -0.1) is 0 Å². The maximum absolute atomic E-state index is 12.6. The van der Waals surface area contributed by atoms with Crippen LogP contribution < -0.4 is 9.64 Å². The molecule has 1 saturated heterocycles. The molecule has 0 saturated carbocycles. The molecule has 2 aromatic rings. The number of nitrogens with zero attached hydrogens (tertiary/aromatic N) is 1. The molecule has 0 radical (unpaired) electrons. The number of hydrogen-bond donors (Lipinski definition) is 0. The highest BCUT2D eigenvalue weighted by atomic mass is 35.5. The molecule has 0 atom stereocenters. The Morgan fingerprint density at radius 1 is 1.08 bits per heavy atom. The first-order valence-corrected chi connectivity index (χ1v) is 8.62. The Hall–Kier alpha value is -2.50. The maximum atomic E-state index is 12.6. The second-order valence-corrected chi connectivity index (χ2v) is 6.58. The second kappa shape index (κ2) is 7.59. The molecule has 0 N–H and O–H groups in total. The molecule has 0 aromatic heterocycles. The van der Waals surface area contributed by atoms with Gasteiger partial charge in [-0.1, -0.05) is 41.9 Å². The van der Waals surface area contributed by atoms with Crippen LogP contribution in [0.5, 0.6) is 5.75 Å². The highest BCUT2D eigenvalue weighted by Crippen LogP contribution is 2.36. The van der Waals surface area contributed by atoms with Gasteiger partial charge in [-0.3, -0.25) is 9.59 Å². The molecule has 1 heterocycles. The van der Waals surface area contributed by atoms with Crippen LogP contribution >= 0.6 is 23.4 Å². The zero-order valence-electron chi connectivity index (χ0n) is 13.3. The van der Waals surface area contributed by atoms with Crippen LogP contribution in [-0.2, 0) is 4.79 Å². The van der Waals surface area contributed by atoms with Crippen LogP contribution in [0.4, 0.5) is 10.5 Å². The van der Waals surface area contributed by atoms with Crippen LogP contribution in [0.3, 0.4) is 0 Å². The van der Waals surface area contributed by atoms with E-state index in [1.807, 2.05) is 30.3 Å². The van der Waals surface area contributed by atoms with Gasteiger partial charge in [0, 0.05) is 5.03 Å². The summed E-state index contributed by atoms with van der Waals surface area (Å²) in [6.07, 6.45) is 3.26. The third-order valence-electron chi connectivity index (χ3n) is 3.50. The lowest BCUT2D eigenvalue weighted by atomic mass is 10.2. The largest absolute Gasteiger partial charge is 0.497 e. The van der Waals surface area contributed by atoms with Crippen molar-refractivity contribution in [3.05, 3.63) is 76.2 Å². The number of halogens is 1. The average molecular weight is 372 g/mol. The summed E-state index contributed by atoms with van der Waals surface area (Å²) < 4.78 is 5.09. The van der Waals surface area contributed by atoms with Gasteiger partial charge in [-0.2, -0.15) is 0 Å². The lowest BCUT2D eigenvalue weighted by molar-refractivity contribution is -0.113. The van der Waals surface area contributed by atoms with Gasteiger partial charge in [0.25, 0.3) is 11.1 Å². The molecule has 1 fully saturated rings. The zero-order chi connectivity index (χ0) is 17.8. The third-order valence-corrected chi connectivity index (χ3v) is 4.59. The first-order valence-electron chi connectivity index (χ1n) is 7.43. The predicted molar refractivity (Wildman–Crippen MR) is 102 cm³/mol. The standard InChI is InChI=1S/C19H14ClNO3S/c1-24-16-9-7-15(8-10-16)21-18(22)17(25-19(21)23)12-14(20)11-13-5-3-2-4-6-13/h2-12H,1H3/b14-11-,17-12-. The van der Waals surface area contributed by atoms with Crippen molar-refractivity contribution in [2.75, 3.05) is 12.0 Å². The van der Waals surface area contributed by atoms with Crippen molar-refractivity contribution in [2.24, 2.45) is 0 Å². The summed E-state index contributed by atoms with van der Waals surface area (Å²) in [6.45, 7) is 0. The van der Waals surface area contributed by atoms with Gasteiger partial charge in [0.15, 0.2) is 0 Å². The fourth-order valence-corrected chi connectivity index (χ4v) is 3.43. The summed E-state index contributed by atoms with van der Waals surface area (Å²) in [4.78, 5) is 26.2. The van der Waals surface area contributed by atoms with Gasteiger partial charge in [0.2, 0.25) is 0 Å². The van der Waals surface area contributed by atoms with E-state index < -0.39 is 0 Å². The monoisotopic (exact) mass is 371 g/mol. The minimum absolute atomic E-state index is 0.290. The van der Waals surface area contributed by atoms with Crippen molar-refractivity contribution in [1.82, 2.24) is 0 Å². The number of hydrogen-bond acceptors (Lipinski definition) is 4. The number of ether oxygens (including phenoxy) is 1. The van der Waals surface area contributed by atoms with Crippen LogP contribution in [0.25, 0.3) is 6.08 Å². The number of allylic oxidation sites excluding steroid dienone is 2. The number of anilines is 1. The van der Waals surface area contributed by atoms with Crippen molar-refractivity contribution in [1.29, 1.82) is 0 Å². The quantitative estimate of drug-likeness (QED) is 0.705. The Bertz CT molecular complexity index is 860. The molecular formula is C19H14ClNO3S. The topological polar surface area (TPSA) is 46.6 Å². The Balaban J connectivity index is 1.84. The highest BCUT2D eigenvalue weighted by Gasteiger charge is 2.36. The van der Waals surface area contributed by atoms with Gasteiger partial charge in [0.05, 0.1) is 17.7 Å². The van der Waals surface area contributed by atoms with Gasteiger partial charge >= 0.3 is 0 Å². The second-order valence-electron chi connectivity index (χ2n) is 5.16. The molecule has 2 amide bonds. The fraction of sp³-hybridized carbons (Fsp3) is 0.0526. The van der Waals surface area contributed by atoms with Crippen molar-refractivity contribution >= 4 is 46.3 Å². The lowest BCUT2D eigenvalue weighted by Crippen LogP contribution is -2.27. The van der Waals surface area contributed by atoms with E-state index in [1.54, 1.807) is 37.5 Å². The molecule has 4 nitrogen and oxygen atoms in total. The van der Waals surface area contributed by atoms with Crippen molar-refractivity contribution in [2.45, 2.75) is 0 Å². The summed E-state index contributed by atoms with van der Waals surface area (Å²) in [5, 5.41) is 0.0250. The van der Waals surface area contributed by atoms with E-state index in [1.165, 1.54) is 6.08 Å². The van der Waals surface area contributed by atoms with E-state index in [0.717, 1.165) is 22.2 Å². The van der Waals surface area contributed by atoms with E-state index in [4.69, 9.17) is 16.3 Å². The van der Waals surface area contributed by atoms with Crippen molar-refractivity contribution in [3.63, 3.8) is 0 Å². The fourth-order valence-electron chi connectivity index (χ4n) is 2.30. The minimum Gasteiger partial charge on any atom is -0.497 e.